The molecule has 8 heteroatoms. The maximum absolute atomic E-state index is 11.4. The number of rotatable bonds is 4. The molecular formula is C16H16ClN5O2. The van der Waals surface area contributed by atoms with E-state index in [2.05, 4.69) is 15.1 Å². The van der Waals surface area contributed by atoms with E-state index in [-0.39, 0.29) is 11.1 Å². The first-order valence-corrected chi connectivity index (χ1v) is 7.75. The summed E-state index contributed by atoms with van der Waals surface area (Å²) in [5.41, 5.74) is 8.08. The van der Waals surface area contributed by atoms with E-state index in [0.29, 0.717) is 16.9 Å². The lowest BCUT2D eigenvalue weighted by atomic mass is 10.1. The van der Waals surface area contributed by atoms with Crippen LogP contribution in [-0.2, 0) is 4.74 Å². The van der Waals surface area contributed by atoms with Gasteiger partial charge in [0, 0.05) is 29.6 Å². The number of hydrogen-bond acceptors (Lipinski definition) is 5. The standard InChI is InChI=1S/C16H16ClN5O2/c1-9(2)11-8-20-22-12(7-13(17)21-15(11)22)14(24-16(18)23)10-3-5-19-6-4-10/h3-9,14H,1-2H3,(H2,18,23). The predicted molar refractivity (Wildman–Crippen MR) is 88.8 cm³/mol. The predicted octanol–water partition coefficient (Wildman–Crippen LogP) is 3.09. The molecule has 3 heterocycles. The van der Waals surface area contributed by atoms with Crippen LogP contribution in [0.3, 0.4) is 0 Å². The highest BCUT2D eigenvalue weighted by Gasteiger charge is 2.24. The fourth-order valence-corrected chi connectivity index (χ4v) is 2.71. The molecule has 0 saturated carbocycles. The van der Waals surface area contributed by atoms with E-state index in [1.807, 2.05) is 13.8 Å². The third kappa shape index (κ3) is 3.03. The summed E-state index contributed by atoms with van der Waals surface area (Å²) in [6, 6.07) is 5.08. The number of aromatic nitrogens is 4. The Morgan fingerprint density at radius 3 is 2.67 bits per heavy atom. The van der Waals surface area contributed by atoms with Crippen LogP contribution in [0.5, 0.6) is 0 Å². The second kappa shape index (κ2) is 6.45. The smallest absolute Gasteiger partial charge is 0.405 e. The molecule has 0 saturated heterocycles. The molecule has 3 aromatic rings. The Hall–Kier alpha value is -2.67. The molecule has 0 aliphatic carbocycles. The molecule has 1 atom stereocenters. The molecule has 24 heavy (non-hydrogen) atoms. The Balaban J connectivity index is 2.22. The number of carbonyl (C=O) groups is 1. The molecule has 7 nitrogen and oxygen atoms in total. The molecule has 0 fully saturated rings. The molecule has 3 rings (SSSR count). The zero-order valence-corrected chi connectivity index (χ0v) is 13.9. The fourth-order valence-electron chi connectivity index (χ4n) is 2.52. The van der Waals surface area contributed by atoms with Crippen molar-refractivity contribution < 1.29 is 9.53 Å². The molecule has 2 N–H and O–H groups in total. The van der Waals surface area contributed by atoms with E-state index in [1.165, 1.54) is 0 Å². The highest BCUT2D eigenvalue weighted by Crippen LogP contribution is 2.29. The maximum Gasteiger partial charge on any atom is 0.405 e. The molecule has 0 radical (unpaired) electrons. The zero-order valence-electron chi connectivity index (χ0n) is 13.2. The van der Waals surface area contributed by atoms with Crippen molar-refractivity contribution in [1.82, 2.24) is 19.6 Å². The summed E-state index contributed by atoms with van der Waals surface area (Å²) in [5, 5.41) is 4.67. The van der Waals surface area contributed by atoms with Crippen molar-refractivity contribution in [3.05, 3.63) is 58.8 Å². The van der Waals surface area contributed by atoms with Gasteiger partial charge in [-0.3, -0.25) is 4.98 Å². The first-order valence-electron chi connectivity index (χ1n) is 7.37. The summed E-state index contributed by atoms with van der Waals surface area (Å²) in [6.45, 7) is 4.08. The minimum atomic E-state index is -0.894. The Kier molecular flexibility index (Phi) is 4.35. The van der Waals surface area contributed by atoms with Crippen molar-refractivity contribution >= 4 is 23.3 Å². The summed E-state index contributed by atoms with van der Waals surface area (Å²) in [5.74, 6) is 0.220. The number of primary amides is 1. The largest absolute Gasteiger partial charge is 0.435 e. The average Bonchev–Trinajstić information content (AvgIpc) is 2.96. The van der Waals surface area contributed by atoms with Crippen molar-refractivity contribution in [3.63, 3.8) is 0 Å². The molecule has 0 aromatic carbocycles. The van der Waals surface area contributed by atoms with Gasteiger partial charge >= 0.3 is 6.09 Å². The van der Waals surface area contributed by atoms with Gasteiger partial charge in [0.2, 0.25) is 0 Å². The van der Waals surface area contributed by atoms with Gasteiger partial charge in [-0.15, -0.1) is 0 Å². The summed E-state index contributed by atoms with van der Waals surface area (Å²) < 4.78 is 6.94. The van der Waals surface area contributed by atoms with Crippen LogP contribution in [0.4, 0.5) is 4.79 Å². The van der Waals surface area contributed by atoms with Crippen LogP contribution in [-0.4, -0.2) is 25.7 Å². The maximum atomic E-state index is 11.4. The number of carbonyl (C=O) groups excluding carboxylic acids is 1. The Labute approximate surface area is 143 Å². The Morgan fingerprint density at radius 1 is 1.33 bits per heavy atom. The number of nitrogens with two attached hydrogens (primary N) is 1. The van der Waals surface area contributed by atoms with Gasteiger partial charge < -0.3 is 10.5 Å². The van der Waals surface area contributed by atoms with Crippen molar-refractivity contribution in [1.29, 1.82) is 0 Å². The summed E-state index contributed by atoms with van der Waals surface area (Å²) in [7, 11) is 0. The first kappa shape index (κ1) is 16.2. The fraction of sp³-hybridized carbons (Fsp3) is 0.250. The van der Waals surface area contributed by atoms with Gasteiger partial charge in [-0.1, -0.05) is 25.4 Å². The molecule has 124 valence electrons. The number of halogens is 1. The zero-order chi connectivity index (χ0) is 17.3. The SMILES string of the molecule is CC(C)c1cnn2c(C(OC(N)=O)c3ccncc3)cc(Cl)nc12. The number of ether oxygens (including phenoxy) is 1. The average molecular weight is 346 g/mol. The van der Waals surface area contributed by atoms with Crippen LogP contribution in [0.1, 0.15) is 42.7 Å². The molecule has 3 aromatic heterocycles. The second-order valence-electron chi connectivity index (χ2n) is 5.59. The Bertz CT molecular complexity index is 879. The van der Waals surface area contributed by atoms with Crippen LogP contribution in [0, 0.1) is 0 Å². The number of hydrogen-bond donors (Lipinski definition) is 1. The van der Waals surface area contributed by atoms with Crippen LogP contribution >= 0.6 is 11.6 Å². The lowest BCUT2D eigenvalue weighted by Gasteiger charge is -2.18. The van der Waals surface area contributed by atoms with Gasteiger partial charge in [-0.25, -0.2) is 14.3 Å². The van der Waals surface area contributed by atoms with E-state index in [0.717, 1.165) is 5.56 Å². The molecule has 1 amide bonds. The van der Waals surface area contributed by atoms with Gasteiger partial charge in [0.25, 0.3) is 0 Å². The van der Waals surface area contributed by atoms with E-state index in [4.69, 9.17) is 22.1 Å². The minimum absolute atomic E-state index is 0.220. The van der Waals surface area contributed by atoms with Crippen LogP contribution in [0.25, 0.3) is 5.65 Å². The van der Waals surface area contributed by atoms with Crippen molar-refractivity contribution in [2.45, 2.75) is 25.9 Å². The lowest BCUT2D eigenvalue weighted by Crippen LogP contribution is -2.20. The molecule has 1 unspecified atom stereocenters. The van der Waals surface area contributed by atoms with Gasteiger partial charge in [0.1, 0.15) is 5.15 Å². The van der Waals surface area contributed by atoms with Gasteiger partial charge in [0.05, 0.1) is 11.9 Å². The van der Waals surface area contributed by atoms with Gasteiger partial charge in [-0.2, -0.15) is 5.10 Å². The van der Waals surface area contributed by atoms with E-state index in [9.17, 15) is 4.79 Å². The number of amides is 1. The summed E-state index contributed by atoms with van der Waals surface area (Å²) >= 11 is 6.19. The van der Waals surface area contributed by atoms with Crippen molar-refractivity contribution in [2.75, 3.05) is 0 Å². The normalized spacial score (nSPS) is 12.5. The van der Waals surface area contributed by atoms with Gasteiger partial charge in [-0.05, 0) is 18.1 Å². The molecule has 0 aliphatic heterocycles. The van der Waals surface area contributed by atoms with Crippen molar-refractivity contribution in [3.8, 4) is 0 Å². The van der Waals surface area contributed by atoms with Crippen LogP contribution < -0.4 is 5.73 Å². The number of fused-ring (bicyclic) bond motifs is 1. The molecule has 0 bridgehead atoms. The summed E-state index contributed by atoms with van der Waals surface area (Å²) in [6.07, 6.45) is 3.29. The summed E-state index contributed by atoms with van der Waals surface area (Å²) in [4.78, 5) is 19.7. The molecule has 0 spiro atoms. The third-order valence-corrected chi connectivity index (χ3v) is 3.82. The van der Waals surface area contributed by atoms with Crippen LogP contribution in [0.2, 0.25) is 5.15 Å². The third-order valence-electron chi connectivity index (χ3n) is 3.63. The Morgan fingerprint density at radius 2 is 2.04 bits per heavy atom. The lowest BCUT2D eigenvalue weighted by molar-refractivity contribution is 0.123. The second-order valence-corrected chi connectivity index (χ2v) is 5.98. The van der Waals surface area contributed by atoms with E-state index >= 15 is 0 Å². The van der Waals surface area contributed by atoms with Crippen LogP contribution in [0.15, 0.2) is 36.8 Å². The first-order chi connectivity index (χ1) is 11.5. The minimum Gasteiger partial charge on any atom is -0.435 e. The van der Waals surface area contributed by atoms with E-state index in [1.54, 1.807) is 41.3 Å². The number of nitrogens with zero attached hydrogens (tertiary/aromatic N) is 4. The van der Waals surface area contributed by atoms with Gasteiger partial charge in [0.15, 0.2) is 11.8 Å². The quantitative estimate of drug-likeness (QED) is 0.733. The molecule has 0 aliphatic rings. The highest BCUT2D eigenvalue weighted by atomic mass is 35.5. The monoisotopic (exact) mass is 345 g/mol. The topological polar surface area (TPSA) is 95.4 Å². The van der Waals surface area contributed by atoms with Crippen molar-refractivity contribution in [2.24, 2.45) is 5.73 Å². The number of pyridine rings is 1. The van der Waals surface area contributed by atoms with E-state index < -0.39 is 12.2 Å². The molecular weight excluding hydrogens is 330 g/mol. The highest BCUT2D eigenvalue weighted by molar-refractivity contribution is 6.29.